The standard InChI is InChI=1S/C16H22ClN3O/c17-13-3-1-2-4-14(13)19-15(21)5-9-20-10-7-16(12-20)6-8-18-11-16/h1-4,18H,5-12H2,(H,19,21). The predicted octanol–water partition coefficient (Wildman–Crippen LogP) is 2.35. The van der Waals surface area contributed by atoms with Crippen LogP contribution in [-0.2, 0) is 4.79 Å². The van der Waals surface area contributed by atoms with Crippen molar-refractivity contribution < 1.29 is 4.79 Å². The minimum absolute atomic E-state index is 0.0357. The minimum atomic E-state index is 0.0357. The lowest BCUT2D eigenvalue weighted by molar-refractivity contribution is -0.116. The lowest BCUT2D eigenvalue weighted by Crippen LogP contribution is -2.31. The first-order valence-corrected chi connectivity index (χ1v) is 8.02. The Bertz CT molecular complexity index is 514. The molecular formula is C16H22ClN3O. The van der Waals surface area contributed by atoms with E-state index >= 15 is 0 Å². The molecule has 1 aromatic carbocycles. The monoisotopic (exact) mass is 307 g/mol. The molecule has 2 aliphatic rings. The third-order valence-corrected chi connectivity index (χ3v) is 4.98. The number of nitrogens with zero attached hydrogens (tertiary/aromatic N) is 1. The summed E-state index contributed by atoms with van der Waals surface area (Å²) in [6.07, 6.45) is 3.05. The van der Waals surface area contributed by atoms with Gasteiger partial charge in [-0.15, -0.1) is 0 Å². The first-order valence-electron chi connectivity index (χ1n) is 7.64. The second-order valence-corrected chi connectivity index (χ2v) is 6.64. The molecule has 2 aliphatic heterocycles. The second kappa shape index (κ2) is 6.34. The van der Waals surface area contributed by atoms with Crippen LogP contribution in [-0.4, -0.2) is 43.5 Å². The van der Waals surface area contributed by atoms with E-state index in [2.05, 4.69) is 15.5 Å². The van der Waals surface area contributed by atoms with Gasteiger partial charge >= 0.3 is 0 Å². The number of halogens is 1. The molecule has 4 nitrogen and oxygen atoms in total. The van der Waals surface area contributed by atoms with Gasteiger partial charge in [-0.3, -0.25) is 4.79 Å². The number of carbonyl (C=O) groups excluding carboxylic acids is 1. The lowest BCUT2D eigenvalue weighted by Gasteiger charge is -2.22. The summed E-state index contributed by atoms with van der Waals surface area (Å²) < 4.78 is 0. The third kappa shape index (κ3) is 3.57. The van der Waals surface area contributed by atoms with Crippen molar-refractivity contribution in [2.24, 2.45) is 5.41 Å². The van der Waals surface area contributed by atoms with Gasteiger partial charge in [0.1, 0.15) is 0 Å². The van der Waals surface area contributed by atoms with Crippen LogP contribution < -0.4 is 10.6 Å². The molecule has 0 bridgehead atoms. The van der Waals surface area contributed by atoms with Gasteiger partial charge in [0.2, 0.25) is 5.91 Å². The average Bonchev–Trinajstić information content (AvgIpc) is 3.10. The quantitative estimate of drug-likeness (QED) is 0.897. The first-order chi connectivity index (χ1) is 10.2. The van der Waals surface area contributed by atoms with E-state index in [1.807, 2.05) is 18.2 Å². The van der Waals surface area contributed by atoms with Crippen LogP contribution in [0.1, 0.15) is 19.3 Å². The molecule has 5 heteroatoms. The molecule has 1 spiro atoms. The van der Waals surface area contributed by atoms with E-state index in [4.69, 9.17) is 11.6 Å². The maximum Gasteiger partial charge on any atom is 0.225 e. The number of hydrogen-bond donors (Lipinski definition) is 2. The molecule has 2 saturated heterocycles. The van der Waals surface area contributed by atoms with Gasteiger partial charge in [-0.2, -0.15) is 0 Å². The number of benzene rings is 1. The maximum atomic E-state index is 12.0. The molecule has 1 amide bonds. The molecule has 21 heavy (non-hydrogen) atoms. The Balaban J connectivity index is 1.45. The van der Waals surface area contributed by atoms with Crippen molar-refractivity contribution in [1.82, 2.24) is 10.2 Å². The number of carbonyl (C=O) groups is 1. The summed E-state index contributed by atoms with van der Waals surface area (Å²) in [6.45, 7) is 5.34. The zero-order valence-corrected chi connectivity index (χ0v) is 13.0. The lowest BCUT2D eigenvalue weighted by atomic mass is 9.87. The van der Waals surface area contributed by atoms with Crippen LogP contribution in [0.5, 0.6) is 0 Å². The highest BCUT2D eigenvalue weighted by Crippen LogP contribution is 2.35. The molecule has 0 radical (unpaired) electrons. The Kier molecular flexibility index (Phi) is 4.48. The van der Waals surface area contributed by atoms with Crippen molar-refractivity contribution >= 4 is 23.2 Å². The number of rotatable bonds is 4. The fourth-order valence-corrected chi connectivity index (χ4v) is 3.58. The van der Waals surface area contributed by atoms with Crippen LogP contribution in [0.15, 0.2) is 24.3 Å². The number of anilines is 1. The summed E-state index contributed by atoms with van der Waals surface area (Å²) >= 11 is 6.05. The van der Waals surface area contributed by atoms with Crippen LogP contribution in [0.25, 0.3) is 0 Å². The van der Waals surface area contributed by atoms with E-state index in [9.17, 15) is 4.79 Å². The fraction of sp³-hybridized carbons (Fsp3) is 0.562. The van der Waals surface area contributed by atoms with Gasteiger partial charge in [0, 0.05) is 26.1 Å². The smallest absolute Gasteiger partial charge is 0.225 e. The van der Waals surface area contributed by atoms with Crippen molar-refractivity contribution in [3.63, 3.8) is 0 Å². The number of hydrogen-bond acceptors (Lipinski definition) is 3. The van der Waals surface area contributed by atoms with E-state index in [1.54, 1.807) is 6.07 Å². The van der Waals surface area contributed by atoms with Crippen LogP contribution in [0.2, 0.25) is 5.02 Å². The summed E-state index contributed by atoms with van der Waals surface area (Å²) in [5.41, 5.74) is 1.17. The predicted molar refractivity (Wildman–Crippen MR) is 85.7 cm³/mol. The molecular weight excluding hydrogens is 286 g/mol. The van der Waals surface area contributed by atoms with Crippen LogP contribution in [0.3, 0.4) is 0 Å². The molecule has 2 N–H and O–H groups in total. The number of nitrogens with one attached hydrogen (secondary N) is 2. The summed E-state index contributed by atoms with van der Waals surface area (Å²) in [6, 6.07) is 7.35. The zero-order chi connectivity index (χ0) is 14.7. The maximum absolute atomic E-state index is 12.0. The minimum Gasteiger partial charge on any atom is -0.325 e. The number of para-hydroxylation sites is 1. The van der Waals surface area contributed by atoms with E-state index in [0.717, 1.165) is 32.7 Å². The Morgan fingerprint density at radius 2 is 2.24 bits per heavy atom. The molecule has 1 unspecified atom stereocenters. The van der Waals surface area contributed by atoms with Crippen molar-refractivity contribution in [3.05, 3.63) is 29.3 Å². The number of likely N-dealkylation sites (tertiary alicyclic amines) is 1. The Morgan fingerprint density at radius 1 is 1.38 bits per heavy atom. The van der Waals surface area contributed by atoms with Crippen LogP contribution >= 0.6 is 11.6 Å². The zero-order valence-electron chi connectivity index (χ0n) is 12.2. The van der Waals surface area contributed by atoms with Gasteiger partial charge < -0.3 is 15.5 Å². The Morgan fingerprint density at radius 3 is 3.00 bits per heavy atom. The van der Waals surface area contributed by atoms with Crippen molar-refractivity contribution in [2.45, 2.75) is 19.3 Å². The van der Waals surface area contributed by atoms with Gasteiger partial charge in [-0.25, -0.2) is 0 Å². The SMILES string of the molecule is O=C(CCN1CCC2(CCNC2)C1)Nc1ccccc1Cl. The molecule has 3 rings (SSSR count). The highest BCUT2D eigenvalue weighted by atomic mass is 35.5. The van der Waals surface area contributed by atoms with Crippen molar-refractivity contribution in [1.29, 1.82) is 0 Å². The molecule has 1 aromatic rings. The van der Waals surface area contributed by atoms with Gasteiger partial charge in [0.25, 0.3) is 0 Å². The third-order valence-electron chi connectivity index (χ3n) is 4.65. The number of amides is 1. The summed E-state index contributed by atoms with van der Waals surface area (Å²) in [7, 11) is 0. The van der Waals surface area contributed by atoms with Gasteiger partial charge in [0.15, 0.2) is 0 Å². The topological polar surface area (TPSA) is 44.4 Å². The molecule has 0 saturated carbocycles. The van der Waals surface area contributed by atoms with Crippen LogP contribution in [0, 0.1) is 5.41 Å². The second-order valence-electron chi connectivity index (χ2n) is 6.23. The van der Waals surface area contributed by atoms with E-state index in [-0.39, 0.29) is 5.91 Å². The van der Waals surface area contributed by atoms with Gasteiger partial charge in [-0.1, -0.05) is 23.7 Å². The molecule has 0 aliphatic carbocycles. The van der Waals surface area contributed by atoms with Crippen molar-refractivity contribution in [3.8, 4) is 0 Å². The summed E-state index contributed by atoms with van der Waals surface area (Å²) in [5, 5.41) is 6.93. The summed E-state index contributed by atoms with van der Waals surface area (Å²) in [4.78, 5) is 14.4. The van der Waals surface area contributed by atoms with E-state index < -0.39 is 0 Å². The highest BCUT2D eigenvalue weighted by molar-refractivity contribution is 6.33. The Hall–Kier alpha value is -1.10. The normalized spacial score (nSPS) is 25.6. The van der Waals surface area contributed by atoms with E-state index in [1.165, 1.54) is 12.8 Å². The fourth-order valence-electron chi connectivity index (χ4n) is 3.40. The van der Waals surface area contributed by atoms with Gasteiger partial charge in [0.05, 0.1) is 10.7 Å². The highest BCUT2D eigenvalue weighted by Gasteiger charge is 2.39. The van der Waals surface area contributed by atoms with E-state index in [0.29, 0.717) is 22.5 Å². The molecule has 2 fully saturated rings. The molecule has 114 valence electrons. The molecule has 0 aromatic heterocycles. The average molecular weight is 308 g/mol. The van der Waals surface area contributed by atoms with Gasteiger partial charge in [-0.05, 0) is 43.5 Å². The first kappa shape index (κ1) is 14.8. The molecule has 2 heterocycles. The largest absolute Gasteiger partial charge is 0.325 e. The van der Waals surface area contributed by atoms with Crippen molar-refractivity contribution in [2.75, 3.05) is 38.0 Å². The van der Waals surface area contributed by atoms with Crippen LogP contribution in [0.4, 0.5) is 5.69 Å². The summed E-state index contributed by atoms with van der Waals surface area (Å²) in [5.74, 6) is 0.0357. The molecule has 1 atom stereocenters. The Labute approximate surface area is 130 Å².